The third-order valence-corrected chi connectivity index (χ3v) is 4.30. The summed E-state index contributed by atoms with van der Waals surface area (Å²) in [5.74, 6) is -0.718. The third kappa shape index (κ3) is 14.8. The molecule has 0 saturated heterocycles. The average molecular weight is 604 g/mol. The number of primary amides is 1. The Bertz CT molecular complexity index is 906. The molecule has 2 N–H and O–H groups in total. The van der Waals surface area contributed by atoms with Gasteiger partial charge < -0.3 is 20.1 Å². The van der Waals surface area contributed by atoms with E-state index in [1.807, 2.05) is 32.8 Å². The fourth-order valence-corrected chi connectivity index (χ4v) is 2.69. The van der Waals surface area contributed by atoms with E-state index < -0.39 is 5.91 Å². The van der Waals surface area contributed by atoms with Gasteiger partial charge in [-0.05, 0) is 84.1 Å². The van der Waals surface area contributed by atoms with Crippen molar-refractivity contribution < 1.29 is 19.1 Å². The molecule has 0 radical (unpaired) electrons. The van der Waals surface area contributed by atoms with Crippen LogP contribution in [-0.4, -0.2) is 85.7 Å². The van der Waals surface area contributed by atoms with Crippen molar-refractivity contribution in [3.05, 3.63) is 57.0 Å². The number of hydrogen-bond acceptors (Lipinski definition) is 7. The molecular weight excluding hydrogens is 572 g/mol. The molecule has 0 fully saturated rings. The van der Waals surface area contributed by atoms with Crippen LogP contribution in [0.3, 0.4) is 0 Å². The summed E-state index contributed by atoms with van der Waals surface area (Å²) in [6.45, 7) is 5.27. The van der Waals surface area contributed by atoms with Gasteiger partial charge in [-0.15, -0.1) is 0 Å². The molecule has 10 nitrogen and oxygen atoms in total. The highest BCUT2D eigenvalue weighted by Gasteiger charge is 2.08. The molecule has 0 aromatic carbocycles. The van der Waals surface area contributed by atoms with Gasteiger partial charge >= 0.3 is 0 Å². The van der Waals surface area contributed by atoms with Crippen molar-refractivity contribution in [3.63, 3.8) is 0 Å². The summed E-state index contributed by atoms with van der Waals surface area (Å²) in [4.78, 5) is 37.1. The average Bonchev–Trinajstić information content (AvgIpc) is 2.78. The van der Waals surface area contributed by atoms with Crippen molar-refractivity contribution in [1.82, 2.24) is 19.8 Å². The second kappa shape index (κ2) is 18.1. The van der Waals surface area contributed by atoms with Crippen LogP contribution in [0.15, 0.2) is 50.9 Å². The Morgan fingerprint density at radius 2 is 1.47 bits per heavy atom. The molecule has 2 aromatic heterocycles. The Morgan fingerprint density at radius 3 is 1.82 bits per heavy atom. The van der Waals surface area contributed by atoms with Gasteiger partial charge in [0.2, 0.25) is 12.3 Å². The number of amides is 2. The van der Waals surface area contributed by atoms with Gasteiger partial charge in [-0.2, -0.15) is 4.99 Å². The number of rotatable bonds is 8. The molecule has 0 spiro atoms. The molecule has 0 bridgehead atoms. The quantitative estimate of drug-likeness (QED) is 0.211. The van der Waals surface area contributed by atoms with E-state index >= 15 is 0 Å². The monoisotopic (exact) mass is 602 g/mol. The van der Waals surface area contributed by atoms with Gasteiger partial charge in [0.15, 0.2) is 0 Å². The lowest BCUT2D eigenvalue weighted by Gasteiger charge is -2.22. The summed E-state index contributed by atoms with van der Waals surface area (Å²) in [6.07, 6.45) is 4.36. The molecule has 0 saturated carbocycles. The van der Waals surface area contributed by atoms with Crippen LogP contribution in [0.1, 0.15) is 34.6 Å². The maximum Gasteiger partial charge on any atom is 0.278 e. The molecule has 188 valence electrons. The van der Waals surface area contributed by atoms with Gasteiger partial charge in [-0.25, -0.2) is 9.97 Å². The van der Waals surface area contributed by atoms with E-state index in [1.165, 1.54) is 12.5 Å². The fourth-order valence-electron chi connectivity index (χ4n) is 1.97. The molecule has 12 heteroatoms. The molecule has 0 atom stereocenters. The lowest BCUT2D eigenvalue weighted by Crippen LogP contribution is -2.33. The summed E-state index contributed by atoms with van der Waals surface area (Å²) < 4.78 is 11.7. The molecule has 2 rings (SSSR count). The minimum absolute atomic E-state index is 0.185. The molecule has 2 amide bonds. The first-order valence-electron chi connectivity index (χ1n) is 10.2. The Labute approximate surface area is 217 Å². The standard InChI is InChI=1S/C9H10BrN3O.C7H17NO2.C6H5BrN2O/c1-13(2)6-12-9(14)7-3-4-11-8(10)5-7;1-5-9-7(8(3)4)10-6-2;7-5-3-4(6(8)10)1-2-9-5/h3-6H,1-2H3;7H,5-6H2,1-4H3;1-3H,(H2,8,10). The predicted molar refractivity (Wildman–Crippen MR) is 140 cm³/mol. The zero-order valence-corrected chi connectivity index (χ0v) is 23.4. The van der Waals surface area contributed by atoms with Crippen LogP contribution in [0.5, 0.6) is 0 Å². The number of hydrogen-bond donors (Lipinski definition) is 1. The van der Waals surface area contributed by atoms with Gasteiger partial charge in [0, 0.05) is 50.8 Å². The van der Waals surface area contributed by atoms with E-state index in [-0.39, 0.29) is 12.3 Å². The van der Waals surface area contributed by atoms with Crippen LogP contribution in [0, 0.1) is 0 Å². The van der Waals surface area contributed by atoms with E-state index in [9.17, 15) is 9.59 Å². The molecule has 0 aliphatic heterocycles. The molecule has 34 heavy (non-hydrogen) atoms. The van der Waals surface area contributed by atoms with Crippen LogP contribution in [-0.2, 0) is 9.47 Å². The molecular formula is C22H32Br2N6O4. The van der Waals surface area contributed by atoms with Crippen LogP contribution in [0.25, 0.3) is 0 Å². The lowest BCUT2D eigenvalue weighted by atomic mass is 10.3. The zero-order chi connectivity index (χ0) is 26.1. The molecule has 0 aliphatic carbocycles. The van der Waals surface area contributed by atoms with Crippen molar-refractivity contribution >= 4 is 50.0 Å². The van der Waals surface area contributed by atoms with Gasteiger partial charge in [0.1, 0.15) is 9.21 Å². The first-order valence-corrected chi connectivity index (χ1v) is 11.8. The van der Waals surface area contributed by atoms with Crippen molar-refractivity contribution in [1.29, 1.82) is 0 Å². The maximum atomic E-state index is 11.4. The van der Waals surface area contributed by atoms with Crippen LogP contribution >= 0.6 is 31.9 Å². The van der Waals surface area contributed by atoms with Crippen molar-refractivity contribution in [2.75, 3.05) is 41.4 Å². The number of aromatic nitrogens is 2. The number of nitrogens with two attached hydrogens (primary N) is 1. The van der Waals surface area contributed by atoms with Gasteiger partial charge in [0.25, 0.3) is 5.91 Å². The Hall–Kier alpha value is -2.25. The summed E-state index contributed by atoms with van der Waals surface area (Å²) in [7, 11) is 7.46. The highest BCUT2D eigenvalue weighted by molar-refractivity contribution is 9.10. The Balaban J connectivity index is 0.000000492. The van der Waals surface area contributed by atoms with Crippen molar-refractivity contribution in [2.45, 2.75) is 20.3 Å². The molecule has 0 unspecified atom stereocenters. The second-order valence-corrected chi connectivity index (χ2v) is 8.42. The normalized spacial score (nSPS) is 10.4. The second-order valence-electron chi connectivity index (χ2n) is 6.79. The summed E-state index contributed by atoms with van der Waals surface area (Å²) in [5, 5.41) is 0. The minimum Gasteiger partial charge on any atom is -0.369 e. The minimum atomic E-state index is -0.442. The van der Waals surface area contributed by atoms with Crippen molar-refractivity contribution in [2.24, 2.45) is 10.7 Å². The first-order chi connectivity index (χ1) is 16.0. The Morgan fingerprint density at radius 1 is 1.00 bits per heavy atom. The van der Waals surface area contributed by atoms with E-state index in [1.54, 1.807) is 49.5 Å². The smallest absolute Gasteiger partial charge is 0.278 e. The third-order valence-electron chi connectivity index (χ3n) is 3.43. The Kier molecular flexibility index (Phi) is 16.9. The maximum absolute atomic E-state index is 11.4. The molecule has 2 aromatic rings. The number of carbonyl (C=O) groups excluding carboxylic acids is 2. The van der Waals surface area contributed by atoms with Crippen LogP contribution < -0.4 is 5.73 Å². The highest BCUT2D eigenvalue weighted by atomic mass is 79.9. The van der Waals surface area contributed by atoms with Gasteiger partial charge in [0.05, 0.1) is 6.34 Å². The number of pyridine rings is 2. The van der Waals surface area contributed by atoms with E-state index in [4.69, 9.17) is 15.2 Å². The topological polar surface area (TPSA) is 123 Å². The summed E-state index contributed by atoms with van der Waals surface area (Å²) >= 11 is 6.30. The summed E-state index contributed by atoms with van der Waals surface area (Å²) in [5.41, 5.74) is 5.97. The SMILES string of the molecule is CCOC(OCC)N(C)C.CN(C)C=NC(=O)c1ccnc(Br)c1.NC(=O)c1ccnc(Br)c1. The van der Waals surface area contributed by atoms with E-state index in [0.29, 0.717) is 33.5 Å². The van der Waals surface area contributed by atoms with Crippen LogP contribution in [0.2, 0.25) is 0 Å². The highest BCUT2D eigenvalue weighted by Crippen LogP contribution is 2.09. The van der Waals surface area contributed by atoms with E-state index in [2.05, 4.69) is 46.8 Å². The molecule has 2 heterocycles. The fraction of sp³-hybridized carbons (Fsp3) is 0.409. The number of aliphatic imine (C=N–C) groups is 1. The lowest BCUT2D eigenvalue weighted by molar-refractivity contribution is -0.206. The van der Waals surface area contributed by atoms with Gasteiger partial charge in [-0.3, -0.25) is 14.5 Å². The number of carbonyl (C=O) groups is 2. The van der Waals surface area contributed by atoms with Crippen molar-refractivity contribution in [3.8, 4) is 0 Å². The predicted octanol–water partition coefficient (Wildman–Crippen LogP) is 3.42. The largest absolute Gasteiger partial charge is 0.369 e. The molecule has 0 aliphatic rings. The van der Waals surface area contributed by atoms with E-state index in [0.717, 1.165) is 0 Å². The summed E-state index contributed by atoms with van der Waals surface area (Å²) in [6, 6.07) is 6.39. The number of nitrogens with zero attached hydrogens (tertiary/aromatic N) is 5. The zero-order valence-electron chi connectivity index (χ0n) is 20.2. The number of halogens is 2. The van der Waals surface area contributed by atoms with Crippen LogP contribution in [0.4, 0.5) is 0 Å². The number of ether oxygens (including phenoxy) is 2. The first kappa shape index (κ1) is 31.8. The van der Waals surface area contributed by atoms with Gasteiger partial charge in [-0.1, -0.05) is 0 Å².